The van der Waals surface area contributed by atoms with Crippen LogP contribution in [0.25, 0.3) is 20.8 Å². The fraction of sp³-hybridized carbons (Fsp3) is 0.167. The van der Waals surface area contributed by atoms with Crippen LogP contribution >= 0.6 is 38.9 Å². The molecule has 0 saturated carbocycles. The maximum Gasteiger partial charge on any atom is 0.175 e. The highest BCUT2D eigenvalue weighted by Gasteiger charge is 2.15. The highest BCUT2D eigenvalue weighted by molar-refractivity contribution is 9.10. The fourth-order valence-electron chi connectivity index (χ4n) is 4.03. The van der Waals surface area contributed by atoms with Gasteiger partial charge in [0.25, 0.3) is 0 Å². The lowest BCUT2D eigenvalue weighted by Crippen LogP contribution is -2.05. The SMILES string of the molecule is CCOc1cc(CNc2ccc(-c3nc4ccc(C)cc4s3)cc2)cc(Br)c1OCc1c(F)cccc1Cl. The lowest BCUT2D eigenvalue weighted by Gasteiger charge is -2.17. The van der Waals surface area contributed by atoms with Crippen molar-refractivity contribution < 1.29 is 13.9 Å². The Morgan fingerprint density at radius 1 is 1.03 bits per heavy atom. The maximum atomic E-state index is 14.2. The van der Waals surface area contributed by atoms with Gasteiger partial charge in [-0.15, -0.1) is 11.3 Å². The summed E-state index contributed by atoms with van der Waals surface area (Å²) in [6.07, 6.45) is 0. The van der Waals surface area contributed by atoms with Crippen molar-refractivity contribution in [2.75, 3.05) is 11.9 Å². The molecule has 0 bridgehead atoms. The van der Waals surface area contributed by atoms with E-state index in [1.807, 2.05) is 19.1 Å². The summed E-state index contributed by atoms with van der Waals surface area (Å²) in [7, 11) is 0. The molecule has 1 heterocycles. The second kappa shape index (κ2) is 11.7. The van der Waals surface area contributed by atoms with Gasteiger partial charge in [0.1, 0.15) is 17.4 Å². The summed E-state index contributed by atoms with van der Waals surface area (Å²) < 4.78 is 27.9. The molecule has 1 aromatic heterocycles. The van der Waals surface area contributed by atoms with Crippen molar-refractivity contribution in [1.82, 2.24) is 4.98 Å². The summed E-state index contributed by atoms with van der Waals surface area (Å²) in [4.78, 5) is 4.78. The third-order valence-corrected chi connectivity index (χ3v) is 7.97. The van der Waals surface area contributed by atoms with Gasteiger partial charge in [-0.1, -0.05) is 23.7 Å². The third-order valence-electron chi connectivity index (χ3n) is 5.96. The van der Waals surface area contributed by atoms with Crippen LogP contribution in [-0.4, -0.2) is 11.6 Å². The Balaban J connectivity index is 1.28. The number of nitrogens with zero attached hydrogens (tertiary/aromatic N) is 1. The molecule has 0 fully saturated rings. The van der Waals surface area contributed by atoms with E-state index in [1.165, 1.54) is 16.3 Å². The lowest BCUT2D eigenvalue weighted by atomic mass is 10.1. The Morgan fingerprint density at radius 3 is 2.61 bits per heavy atom. The summed E-state index contributed by atoms with van der Waals surface area (Å²) >= 11 is 11.5. The van der Waals surface area contributed by atoms with Gasteiger partial charge in [-0.2, -0.15) is 0 Å². The van der Waals surface area contributed by atoms with Gasteiger partial charge in [-0.3, -0.25) is 0 Å². The number of aromatic nitrogens is 1. The second-order valence-electron chi connectivity index (χ2n) is 8.75. The maximum absolute atomic E-state index is 14.2. The normalized spacial score (nSPS) is 11.1. The Bertz CT molecular complexity index is 1570. The van der Waals surface area contributed by atoms with Crippen LogP contribution in [-0.2, 0) is 13.2 Å². The number of benzene rings is 4. The predicted molar refractivity (Wildman–Crippen MR) is 158 cm³/mol. The molecular formula is C30H25BrClFN2O2S. The number of aryl methyl sites for hydroxylation is 1. The number of hydrogen-bond acceptors (Lipinski definition) is 5. The largest absolute Gasteiger partial charge is 0.490 e. The molecule has 8 heteroatoms. The average molecular weight is 612 g/mol. The Hall–Kier alpha value is -3.13. The van der Waals surface area contributed by atoms with Crippen molar-refractivity contribution in [3.63, 3.8) is 0 Å². The smallest absolute Gasteiger partial charge is 0.175 e. The van der Waals surface area contributed by atoms with Gasteiger partial charge >= 0.3 is 0 Å². The number of rotatable bonds is 9. The minimum atomic E-state index is -0.406. The first-order chi connectivity index (χ1) is 18.4. The van der Waals surface area contributed by atoms with Crippen molar-refractivity contribution in [2.45, 2.75) is 27.0 Å². The van der Waals surface area contributed by atoms with Crippen LogP contribution in [0.5, 0.6) is 11.5 Å². The summed E-state index contributed by atoms with van der Waals surface area (Å²) in [6.45, 7) is 5.04. The first kappa shape index (κ1) is 26.5. The minimum absolute atomic E-state index is 0.0115. The zero-order chi connectivity index (χ0) is 26.6. The molecule has 0 atom stereocenters. The molecular weight excluding hydrogens is 587 g/mol. The number of anilines is 1. The summed E-state index contributed by atoms with van der Waals surface area (Å²) in [5.41, 5.74) is 5.65. The van der Waals surface area contributed by atoms with E-state index in [9.17, 15) is 4.39 Å². The van der Waals surface area contributed by atoms with E-state index in [4.69, 9.17) is 26.1 Å². The summed E-state index contributed by atoms with van der Waals surface area (Å²) in [5, 5.41) is 4.79. The first-order valence-electron chi connectivity index (χ1n) is 12.1. The van der Waals surface area contributed by atoms with Crippen LogP contribution < -0.4 is 14.8 Å². The molecule has 0 aliphatic carbocycles. The Morgan fingerprint density at radius 2 is 1.84 bits per heavy atom. The van der Waals surface area contributed by atoms with E-state index in [-0.39, 0.29) is 6.61 Å². The summed E-state index contributed by atoms with van der Waals surface area (Å²) in [6, 6.07) is 23.1. The van der Waals surface area contributed by atoms with Crippen molar-refractivity contribution >= 4 is 54.8 Å². The monoisotopic (exact) mass is 610 g/mol. The van der Waals surface area contributed by atoms with E-state index >= 15 is 0 Å². The van der Waals surface area contributed by atoms with Crippen molar-refractivity contribution in [3.8, 4) is 22.1 Å². The van der Waals surface area contributed by atoms with Gasteiger partial charge in [0.05, 0.1) is 26.3 Å². The van der Waals surface area contributed by atoms with Crippen LogP contribution in [0.4, 0.5) is 10.1 Å². The molecule has 5 rings (SSSR count). The minimum Gasteiger partial charge on any atom is -0.490 e. The van der Waals surface area contributed by atoms with Gasteiger partial charge in [-0.25, -0.2) is 9.37 Å². The average Bonchev–Trinajstić information content (AvgIpc) is 3.32. The molecule has 0 unspecified atom stereocenters. The molecule has 0 aliphatic heterocycles. The topological polar surface area (TPSA) is 43.4 Å². The number of ether oxygens (including phenoxy) is 2. The predicted octanol–water partition coefficient (Wildman–Crippen LogP) is 9.42. The van der Waals surface area contributed by atoms with Crippen molar-refractivity contribution in [3.05, 3.63) is 105 Å². The molecule has 4 nitrogen and oxygen atoms in total. The number of halogens is 3. The van der Waals surface area contributed by atoms with E-state index < -0.39 is 5.82 Å². The molecule has 0 aliphatic rings. The lowest BCUT2D eigenvalue weighted by molar-refractivity contribution is 0.264. The van der Waals surface area contributed by atoms with Gasteiger partial charge in [0, 0.05) is 23.4 Å². The molecule has 38 heavy (non-hydrogen) atoms. The van der Waals surface area contributed by atoms with E-state index in [0.717, 1.165) is 27.3 Å². The van der Waals surface area contributed by atoms with Crippen LogP contribution in [0.3, 0.4) is 0 Å². The number of fused-ring (bicyclic) bond motifs is 1. The van der Waals surface area contributed by atoms with Crippen LogP contribution in [0.15, 0.2) is 77.3 Å². The number of nitrogens with one attached hydrogen (secondary N) is 1. The highest BCUT2D eigenvalue weighted by Crippen LogP contribution is 2.38. The molecule has 0 amide bonds. The standard InChI is InChI=1S/C30H25BrClFN2O2S/c1-3-36-27-15-19(14-23(31)29(27)37-17-22-24(32)5-4-6-25(22)33)16-34-21-10-8-20(9-11-21)30-35-26-12-7-18(2)13-28(26)38-30/h4-15,34H,3,16-17H2,1-2H3. The zero-order valence-corrected chi connectivity index (χ0v) is 24.0. The fourth-order valence-corrected chi connectivity index (χ4v) is 5.92. The molecule has 0 spiro atoms. The first-order valence-corrected chi connectivity index (χ1v) is 14.1. The Labute approximate surface area is 238 Å². The molecule has 5 aromatic rings. The van der Waals surface area contributed by atoms with Crippen LogP contribution in [0, 0.1) is 12.7 Å². The molecule has 1 N–H and O–H groups in total. The van der Waals surface area contributed by atoms with Crippen LogP contribution in [0.2, 0.25) is 5.02 Å². The van der Waals surface area contributed by atoms with Gasteiger partial charge < -0.3 is 14.8 Å². The number of thiazole rings is 1. The molecule has 0 saturated heterocycles. The van der Waals surface area contributed by atoms with E-state index in [0.29, 0.717) is 39.7 Å². The summed E-state index contributed by atoms with van der Waals surface area (Å²) in [5.74, 6) is 0.675. The van der Waals surface area contributed by atoms with Crippen molar-refractivity contribution in [1.29, 1.82) is 0 Å². The second-order valence-corrected chi connectivity index (χ2v) is 11.0. The quantitative estimate of drug-likeness (QED) is 0.180. The van der Waals surface area contributed by atoms with Gasteiger partial charge in [0.15, 0.2) is 11.5 Å². The highest BCUT2D eigenvalue weighted by atomic mass is 79.9. The van der Waals surface area contributed by atoms with E-state index in [2.05, 4.69) is 70.6 Å². The zero-order valence-electron chi connectivity index (χ0n) is 20.9. The van der Waals surface area contributed by atoms with Gasteiger partial charge in [-0.05, 0) is 102 Å². The molecule has 194 valence electrons. The van der Waals surface area contributed by atoms with Gasteiger partial charge in [0.2, 0.25) is 0 Å². The number of hydrogen-bond donors (Lipinski definition) is 1. The Kier molecular flexibility index (Phi) is 8.17. The van der Waals surface area contributed by atoms with Crippen LogP contribution in [0.1, 0.15) is 23.6 Å². The third kappa shape index (κ3) is 5.96. The molecule has 0 radical (unpaired) electrons. The molecule has 4 aromatic carbocycles. The van der Waals surface area contributed by atoms with Crippen molar-refractivity contribution in [2.24, 2.45) is 0 Å². The van der Waals surface area contributed by atoms with E-state index in [1.54, 1.807) is 23.5 Å².